The number of phenols is 1. The number of phenolic OH excluding ortho intramolecular Hbond substituents is 1. The van der Waals surface area contributed by atoms with Gasteiger partial charge >= 0.3 is 0 Å². The molecule has 14 heavy (non-hydrogen) atoms. The highest BCUT2D eigenvalue weighted by molar-refractivity contribution is 5.41. The topological polar surface area (TPSA) is 40.5 Å². The normalized spacial score (nSPS) is 18.2. The second-order valence-corrected chi connectivity index (χ2v) is 4.07. The van der Waals surface area contributed by atoms with Crippen LogP contribution in [0.3, 0.4) is 0 Å². The van der Waals surface area contributed by atoms with Gasteiger partial charge in [-0.1, -0.05) is 0 Å². The lowest BCUT2D eigenvalue weighted by molar-refractivity contribution is 0.149. The van der Waals surface area contributed by atoms with Crippen LogP contribution in [0.5, 0.6) is 5.75 Å². The SMILES string of the molecule is Cc1c(F)ccc(O)c1CC1(O)CC1. The van der Waals surface area contributed by atoms with E-state index in [4.69, 9.17) is 0 Å². The minimum Gasteiger partial charge on any atom is -0.508 e. The number of benzene rings is 1. The summed E-state index contributed by atoms with van der Waals surface area (Å²) in [6, 6.07) is 2.58. The predicted octanol–water partition coefficient (Wildman–Crippen LogP) is 1.91. The van der Waals surface area contributed by atoms with Crippen LogP contribution in [-0.2, 0) is 6.42 Å². The molecule has 76 valence electrons. The number of aromatic hydroxyl groups is 1. The van der Waals surface area contributed by atoms with Gasteiger partial charge in [-0.2, -0.15) is 0 Å². The summed E-state index contributed by atoms with van der Waals surface area (Å²) in [7, 11) is 0. The summed E-state index contributed by atoms with van der Waals surface area (Å²) < 4.78 is 13.2. The monoisotopic (exact) mass is 196 g/mol. The number of hydrogen-bond acceptors (Lipinski definition) is 2. The summed E-state index contributed by atoms with van der Waals surface area (Å²) in [6.07, 6.45) is 1.83. The molecule has 2 N–H and O–H groups in total. The quantitative estimate of drug-likeness (QED) is 0.758. The van der Waals surface area contributed by atoms with Crippen LogP contribution in [0, 0.1) is 12.7 Å². The Labute approximate surface area is 82.0 Å². The lowest BCUT2D eigenvalue weighted by Gasteiger charge is -2.12. The molecule has 0 atom stereocenters. The van der Waals surface area contributed by atoms with Crippen molar-refractivity contribution >= 4 is 0 Å². The Hall–Kier alpha value is -1.09. The van der Waals surface area contributed by atoms with Crippen LogP contribution < -0.4 is 0 Å². The summed E-state index contributed by atoms with van der Waals surface area (Å²) >= 11 is 0. The van der Waals surface area contributed by atoms with E-state index < -0.39 is 5.60 Å². The number of hydrogen-bond donors (Lipinski definition) is 2. The van der Waals surface area contributed by atoms with Crippen molar-refractivity contribution < 1.29 is 14.6 Å². The Morgan fingerprint density at radius 3 is 2.64 bits per heavy atom. The van der Waals surface area contributed by atoms with Gasteiger partial charge in [-0.05, 0) is 37.5 Å². The minimum atomic E-state index is -0.698. The molecular formula is C11H13FO2. The van der Waals surface area contributed by atoms with Crippen molar-refractivity contribution in [2.75, 3.05) is 0 Å². The maximum atomic E-state index is 13.2. The average molecular weight is 196 g/mol. The molecule has 1 fully saturated rings. The fourth-order valence-electron chi connectivity index (χ4n) is 1.59. The van der Waals surface area contributed by atoms with Crippen LogP contribution in [0.15, 0.2) is 12.1 Å². The summed E-state index contributed by atoms with van der Waals surface area (Å²) in [6.45, 7) is 1.62. The first-order valence-electron chi connectivity index (χ1n) is 4.71. The lowest BCUT2D eigenvalue weighted by atomic mass is 10.00. The standard InChI is InChI=1S/C11H13FO2/c1-7-8(6-11(14)4-5-11)10(13)3-2-9(7)12/h2-3,13-14H,4-6H2,1H3. The van der Waals surface area contributed by atoms with Gasteiger partial charge in [0.25, 0.3) is 0 Å². The summed E-state index contributed by atoms with van der Waals surface area (Å²) in [4.78, 5) is 0. The Morgan fingerprint density at radius 2 is 2.07 bits per heavy atom. The molecule has 2 rings (SSSR count). The van der Waals surface area contributed by atoms with Crippen molar-refractivity contribution in [1.29, 1.82) is 0 Å². The zero-order valence-corrected chi connectivity index (χ0v) is 8.05. The lowest BCUT2D eigenvalue weighted by Crippen LogP contribution is -2.12. The van der Waals surface area contributed by atoms with Crippen LogP contribution >= 0.6 is 0 Å². The van der Waals surface area contributed by atoms with Crippen molar-refractivity contribution in [3.05, 3.63) is 29.1 Å². The van der Waals surface area contributed by atoms with Gasteiger partial charge in [0.1, 0.15) is 11.6 Å². The molecule has 0 amide bonds. The molecule has 0 spiro atoms. The van der Waals surface area contributed by atoms with E-state index >= 15 is 0 Å². The molecule has 1 aromatic rings. The van der Waals surface area contributed by atoms with E-state index in [2.05, 4.69) is 0 Å². The second kappa shape index (κ2) is 2.95. The van der Waals surface area contributed by atoms with Crippen LogP contribution in [-0.4, -0.2) is 15.8 Å². The van der Waals surface area contributed by atoms with Gasteiger partial charge in [-0.15, -0.1) is 0 Å². The number of halogens is 1. The molecule has 1 aromatic carbocycles. The fraction of sp³-hybridized carbons (Fsp3) is 0.455. The van der Waals surface area contributed by atoms with Crippen molar-refractivity contribution in [3.63, 3.8) is 0 Å². The van der Waals surface area contributed by atoms with Crippen molar-refractivity contribution in [2.24, 2.45) is 0 Å². The number of rotatable bonds is 2. The smallest absolute Gasteiger partial charge is 0.126 e. The highest BCUT2D eigenvalue weighted by Crippen LogP contribution is 2.40. The third kappa shape index (κ3) is 1.60. The Kier molecular flexibility index (Phi) is 2.00. The first-order valence-corrected chi connectivity index (χ1v) is 4.71. The van der Waals surface area contributed by atoms with E-state index in [-0.39, 0.29) is 11.6 Å². The third-order valence-electron chi connectivity index (χ3n) is 2.84. The van der Waals surface area contributed by atoms with E-state index in [1.165, 1.54) is 12.1 Å². The molecule has 0 unspecified atom stereocenters. The van der Waals surface area contributed by atoms with E-state index in [1.54, 1.807) is 6.92 Å². The first kappa shape index (κ1) is 9.46. The van der Waals surface area contributed by atoms with Crippen LogP contribution in [0.1, 0.15) is 24.0 Å². The largest absolute Gasteiger partial charge is 0.508 e. The minimum absolute atomic E-state index is 0.0734. The molecule has 0 bridgehead atoms. The van der Waals surface area contributed by atoms with Gasteiger partial charge in [0.2, 0.25) is 0 Å². The zero-order chi connectivity index (χ0) is 10.3. The molecule has 1 saturated carbocycles. The number of aliphatic hydroxyl groups is 1. The van der Waals surface area contributed by atoms with Crippen LogP contribution in [0.4, 0.5) is 4.39 Å². The predicted molar refractivity (Wildman–Crippen MR) is 50.7 cm³/mol. The highest BCUT2D eigenvalue weighted by atomic mass is 19.1. The molecule has 0 aromatic heterocycles. The van der Waals surface area contributed by atoms with Gasteiger partial charge in [0.05, 0.1) is 5.60 Å². The molecule has 0 aliphatic heterocycles. The summed E-state index contributed by atoms with van der Waals surface area (Å²) in [5.41, 5.74) is 0.270. The third-order valence-corrected chi connectivity index (χ3v) is 2.84. The molecular weight excluding hydrogens is 183 g/mol. The average Bonchev–Trinajstić information content (AvgIpc) is 2.86. The molecule has 0 saturated heterocycles. The molecule has 0 heterocycles. The summed E-state index contributed by atoms with van der Waals surface area (Å²) in [5, 5.41) is 19.2. The van der Waals surface area contributed by atoms with Gasteiger partial charge in [-0.25, -0.2) is 4.39 Å². The molecule has 2 nitrogen and oxygen atoms in total. The maximum Gasteiger partial charge on any atom is 0.126 e. The zero-order valence-electron chi connectivity index (χ0n) is 8.05. The van der Waals surface area contributed by atoms with E-state index in [1.807, 2.05) is 0 Å². The van der Waals surface area contributed by atoms with Gasteiger partial charge in [0.15, 0.2) is 0 Å². The highest BCUT2D eigenvalue weighted by Gasteiger charge is 2.41. The maximum absolute atomic E-state index is 13.2. The van der Waals surface area contributed by atoms with E-state index in [0.29, 0.717) is 17.5 Å². The second-order valence-electron chi connectivity index (χ2n) is 4.07. The molecule has 0 radical (unpaired) electrons. The van der Waals surface area contributed by atoms with Crippen LogP contribution in [0.25, 0.3) is 0 Å². The van der Waals surface area contributed by atoms with Crippen molar-refractivity contribution in [2.45, 2.75) is 31.8 Å². The summed E-state index contributed by atoms with van der Waals surface area (Å²) in [5.74, 6) is -0.258. The molecule has 3 heteroatoms. The Bertz CT molecular complexity index is 370. The molecule has 1 aliphatic rings. The van der Waals surface area contributed by atoms with Gasteiger partial charge < -0.3 is 10.2 Å². The Balaban J connectivity index is 2.35. The van der Waals surface area contributed by atoms with Gasteiger partial charge in [-0.3, -0.25) is 0 Å². The Morgan fingerprint density at radius 1 is 1.43 bits per heavy atom. The molecule has 1 aliphatic carbocycles. The fourth-order valence-corrected chi connectivity index (χ4v) is 1.59. The van der Waals surface area contributed by atoms with E-state index in [0.717, 1.165) is 12.8 Å². The van der Waals surface area contributed by atoms with Gasteiger partial charge in [0, 0.05) is 12.0 Å². The first-order chi connectivity index (χ1) is 6.52. The van der Waals surface area contributed by atoms with Crippen molar-refractivity contribution in [1.82, 2.24) is 0 Å². The van der Waals surface area contributed by atoms with E-state index in [9.17, 15) is 14.6 Å². The van der Waals surface area contributed by atoms with Crippen molar-refractivity contribution in [3.8, 4) is 5.75 Å². The van der Waals surface area contributed by atoms with Crippen LogP contribution in [0.2, 0.25) is 0 Å².